The maximum atomic E-state index is 14.0. The Morgan fingerprint density at radius 2 is 1.23 bits per heavy atom. The highest BCUT2D eigenvalue weighted by Crippen LogP contribution is 2.20. The zero-order valence-electron chi connectivity index (χ0n) is 45.4. The fraction of sp³-hybridized carbons (Fsp3) is 0.708. The van der Waals surface area contributed by atoms with E-state index < -0.39 is 151 Å². The van der Waals surface area contributed by atoms with Crippen LogP contribution in [0.5, 0.6) is 0 Å². The van der Waals surface area contributed by atoms with Crippen LogP contribution in [0.4, 0.5) is 0 Å². The largest absolute Gasteiger partial charge is 0.481 e. The second-order valence-corrected chi connectivity index (χ2v) is 21.0. The number of hydrogen-bond acceptors (Lipinski definition) is 16. The third-order valence-electron chi connectivity index (χ3n) is 12.0. The van der Waals surface area contributed by atoms with Gasteiger partial charge in [0.1, 0.15) is 48.6 Å². The third kappa shape index (κ3) is 26.3. The summed E-state index contributed by atoms with van der Waals surface area (Å²) >= 11 is 1.43. The van der Waals surface area contributed by atoms with E-state index in [9.17, 15) is 72.5 Å². The number of carbonyl (C=O) groups is 13. The lowest BCUT2D eigenvalue weighted by Gasteiger charge is -2.30. The van der Waals surface area contributed by atoms with Crippen LogP contribution in [-0.4, -0.2) is 184 Å². The highest BCUT2D eigenvalue weighted by molar-refractivity contribution is 7.98. The normalized spacial score (nSPS) is 16.1. The van der Waals surface area contributed by atoms with Crippen molar-refractivity contribution in [3.05, 3.63) is 0 Å². The first-order valence-corrected chi connectivity index (χ1v) is 27.1. The number of nitrogens with two attached hydrogens (primary N) is 4. The number of carboxylic acid groups (broad SMARTS) is 2. The first kappa shape index (κ1) is 68.9. The van der Waals surface area contributed by atoms with E-state index >= 15 is 0 Å². The van der Waals surface area contributed by atoms with Crippen LogP contribution in [0, 0.1) is 17.8 Å². The molecule has 29 nitrogen and oxygen atoms in total. The van der Waals surface area contributed by atoms with E-state index in [1.807, 2.05) is 13.8 Å². The first-order valence-electron chi connectivity index (χ1n) is 25.7. The molecular weight excluding hydrogens is 1040 g/mol. The number of nitrogens with one attached hydrogen (secondary N) is 8. The van der Waals surface area contributed by atoms with Crippen LogP contribution in [-0.2, 0) is 62.3 Å². The number of carboxylic acids is 2. The van der Waals surface area contributed by atoms with Gasteiger partial charge in [0.2, 0.25) is 59.1 Å². The average Bonchev–Trinajstić information content (AvgIpc) is 3.84. The molecule has 1 fully saturated rings. The summed E-state index contributed by atoms with van der Waals surface area (Å²) in [6.45, 7) is 9.46. The molecule has 1 aliphatic heterocycles. The monoisotopic (exact) mass is 1130 g/mol. The first-order chi connectivity index (χ1) is 36.5. The SMILES string of the molecule is CSCCC(N)C(=O)NC(CCC(N)=O)C(=O)NCC(=O)NC(CC(=O)O)C(=O)N1CCCC1C(=O)NC(CC(=O)O)C(=O)NC(C(=O)NC(CC(C)C)C(=O)NC(CCCN=C(N)N)C(=O)NC(C=O)CC(C)C)C(C)C. The Bertz CT molecular complexity index is 2140. The lowest BCUT2D eigenvalue weighted by Crippen LogP contribution is -2.61. The third-order valence-corrected chi connectivity index (χ3v) is 12.6. The van der Waals surface area contributed by atoms with Crippen molar-refractivity contribution in [2.75, 3.05) is 31.6 Å². The van der Waals surface area contributed by atoms with Gasteiger partial charge in [0.15, 0.2) is 5.96 Å². The molecule has 1 saturated heterocycles. The molecule has 0 saturated carbocycles. The summed E-state index contributed by atoms with van der Waals surface area (Å²) in [5.74, 6) is -12.7. The van der Waals surface area contributed by atoms with Crippen LogP contribution in [0.3, 0.4) is 0 Å². The van der Waals surface area contributed by atoms with Crippen molar-refractivity contribution in [3.8, 4) is 0 Å². The van der Waals surface area contributed by atoms with Crippen LogP contribution < -0.4 is 65.5 Å². The maximum absolute atomic E-state index is 14.0. The van der Waals surface area contributed by atoms with Crippen molar-refractivity contribution < 1.29 is 72.5 Å². The van der Waals surface area contributed by atoms with Gasteiger partial charge < -0.3 is 85.4 Å². The molecule has 0 aromatic rings. The number of hydrogen-bond donors (Lipinski definition) is 14. The average molecular weight is 1130 g/mol. The van der Waals surface area contributed by atoms with Crippen molar-refractivity contribution in [1.29, 1.82) is 0 Å². The van der Waals surface area contributed by atoms with Crippen LogP contribution in [0.25, 0.3) is 0 Å². The summed E-state index contributed by atoms with van der Waals surface area (Å²) < 4.78 is 0. The number of thioether (sulfide) groups is 1. The highest BCUT2D eigenvalue weighted by Gasteiger charge is 2.41. The summed E-state index contributed by atoms with van der Waals surface area (Å²) in [6, 6.07) is -12.2. The van der Waals surface area contributed by atoms with E-state index in [4.69, 9.17) is 22.9 Å². The minimum atomic E-state index is -1.86. The quantitative estimate of drug-likeness (QED) is 0.0121. The van der Waals surface area contributed by atoms with Crippen molar-refractivity contribution in [2.45, 2.75) is 167 Å². The summed E-state index contributed by atoms with van der Waals surface area (Å²) in [5.41, 5.74) is 22.0. The number of aldehydes is 1. The van der Waals surface area contributed by atoms with Gasteiger partial charge in [0.05, 0.1) is 31.5 Å². The van der Waals surface area contributed by atoms with Gasteiger partial charge >= 0.3 is 11.9 Å². The molecule has 9 unspecified atom stereocenters. The molecule has 440 valence electrons. The fourth-order valence-corrected chi connectivity index (χ4v) is 8.50. The predicted molar refractivity (Wildman–Crippen MR) is 285 cm³/mol. The fourth-order valence-electron chi connectivity index (χ4n) is 8.01. The van der Waals surface area contributed by atoms with Crippen LogP contribution in [0.15, 0.2) is 4.99 Å². The standard InChI is InChI=1S/C48H82N14O15S/c1-24(2)18-27(23-63)55-42(72)29(10-8-15-53-48(51)52)58-43(73)31(19-25(3)4)60-46(76)39(26(5)6)61-44(74)32(20-37(66)67)59-45(75)34-11-9-16-62(34)47(77)33(21-38(68)69)56-36(65)22-54-41(71)30(12-13-35(50)64)57-40(70)28(49)14-17-78-7/h23-34,39H,8-22,49H2,1-7H3,(H2,50,64)(H,54,71)(H,55,72)(H,56,65)(H,57,70)(H,58,73)(H,59,75)(H,60,76)(H,61,74)(H,66,67)(H,68,69)(H4,51,52,53). The van der Waals surface area contributed by atoms with Crippen molar-refractivity contribution in [2.24, 2.45) is 45.7 Å². The molecule has 0 radical (unpaired) electrons. The Balaban J connectivity index is 3.31. The molecule has 0 spiro atoms. The number of carbonyl (C=O) groups excluding carboxylic acids is 11. The Morgan fingerprint density at radius 1 is 0.667 bits per heavy atom. The van der Waals surface area contributed by atoms with Gasteiger partial charge in [-0.1, -0.05) is 41.5 Å². The minimum absolute atomic E-state index is 0.0288. The number of guanidine groups is 1. The molecular formula is C48H82N14O15S. The minimum Gasteiger partial charge on any atom is -0.481 e. The molecule has 0 aliphatic carbocycles. The second kappa shape index (κ2) is 35.3. The Labute approximate surface area is 457 Å². The zero-order chi connectivity index (χ0) is 59.4. The van der Waals surface area contributed by atoms with E-state index in [1.54, 1.807) is 34.0 Å². The number of aliphatic carboxylic acids is 2. The van der Waals surface area contributed by atoms with Crippen LogP contribution >= 0.6 is 11.8 Å². The Hall–Kier alpha value is -7.11. The number of likely N-dealkylation sites (tertiary alicyclic amines) is 1. The molecule has 10 amide bonds. The lowest BCUT2D eigenvalue weighted by atomic mass is 9.98. The van der Waals surface area contributed by atoms with Crippen molar-refractivity contribution >= 4 is 95.0 Å². The molecule has 1 heterocycles. The number of nitrogens with zero attached hydrogens (tertiary/aromatic N) is 2. The number of rotatable bonds is 37. The predicted octanol–water partition coefficient (Wildman–Crippen LogP) is -4.22. The molecule has 1 aliphatic rings. The van der Waals surface area contributed by atoms with Crippen molar-refractivity contribution in [3.63, 3.8) is 0 Å². The van der Waals surface area contributed by atoms with Crippen LogP contribution in [0.1, 0.15) is 112 Å². The highest BCUT2D eigenvalue weighted by atomic mass is 32.2. The van der Waals surface area contributed by atoms with E-state index in [1.165, 1.54) is 11.8 Å². The summed E-state index contributed by atoms with van der Waals surface area (Å²) in [5, 5.41) is 39.1. The number of primary amides is 1. The van der Waals surface area contributed by atoms with E-state index in [2.05, 4.69) is 47.5 Å². The van der Waals surface area contributed by atoms with Gasteiger partial charge in [-0.25, -0.2) is 0 Å². The van der Waals surface area contributed by atoms with Gasteiger partial charge in [0.25, 0.3) is 0 Å². The molecule has 1 rings (SSSR count). The maximum Gasteiger partial charge on any atom is 0.305 e. The molecule has 9 atom stereocenters. The molecule has 30 heteroatoms. The topological polar surface area (TPSA) is 478 Å². The van der Waals surface area contributed by atoms with E-state index in [0.717, 1.165) is 4.90 Å². The molecule has 18 N–H and O–H groups in total. The summed E-state index contributed by atoms with van der Waals surface area (Å²) in [7, 11) is 0. The number of amides is 10. The summed E-state index contributed by atoms with van der Waals surface area (Å²) in [4.78, 5) is 174. The van der Waals surface area contributed by atoms with Gasteiger partial charge in [-0.2, -0.15) is 11.8 Å². The van der Waals surface area contributed by atoms with E-state index in [0.29, 0.717) is 18.5 Å². The molecule has 0 aromatic carbocycles. The second-order valence-electron chi connectivity index (χ2n) is 20.1. The number of aliphatic imine (C=N–C) groups is 1. The van der Waals surface area contributed by atoms with Crippen molar-refractivity contribution in [1.82, 2.24) is 47.4 Å². The zero-order valence-corrected chi connectivity index (χ0v) is 46.2. The van der Waals surface area contributed by atoms with Gasteiger partial charge in [-0.15, -0.1) is 0 Å². The van der Waals surface area contributed by atoms with E-state index in [-0.39, 0.29) is 82.3 Å². The molecule has 0 bridgehead atoms. The van der Waals surface area contributed by atoms with Crippen LogP contribution in [0.2, 0.25) is 0 Å². The Morgan fingerprint density at radius 3 is 1.78 bits per heavy atom. The molecule has 78 heavy (non-hydrogen) atoms. The smallest absolute Gasteiger partial charge is 0.305 e. The summed E-state index contributed by atoms with van der Waals surface area (Å²) in [6.07, 6.45) is 0.802. The van der Waals surface area contributed by atoms with Gasteiger partial charge in [0, 0.05) is 19.5 Å². The van der Waals surface area contributed by atoms with Gasteiger partial charge in [-0.05, 0) is 81.1 Å². The molecule has 0 aromatic heterocycles. The Kier molecular flexibility index (Phi) is 31.2. The van der Waals surface area contributed by atoms with Gasteiger partial charge in [-0.3, -0.25) is 62.5 Å². The lowest BCUT2D eigenvalue weighted by molar-refractivity contribution is -0.146.